The van der Waals surface area contributed by atoms with Gasteiger partial charge in [0.05, 0.1) is 29.5 Å². The van der Waals surface area contributed by atoms with E-state index in [1.54, 1.807) is 4.90 Å². The zero-order chi connectivity index (χ0) is 20.4. The first-order valence-corrected chi connectivity index (χ1v) is 10.9. The molecule has 1 fully saturated rings. The third kappa shape index (κ3) is 4.28. The van der Waals surface area contributed by atoms with E-state index in [9.17, 15) is 4.79 Å². The van der Waals surface area contributed by atoms with Gasteiger partial charge in [-0.3, -0.25) is 9.69 Å². The minimum Gasteiger partial charge on any atom is -0.494 e. The standard InChI is InChI=1S/C23H26N2O3S/c1-4-27-17-9-10-20-21(13-17)29-23(24-20)25(14-18-6-5-11-28-18)22(26)19-12-15(2)7-8-16(19)3/h7-10,12-13,18H,4-6,11,14H2,1-3H3. The average Bonchev–Trinajstić information content (AvgIpc) is 3.36. The van der Waals surface area contributed by atoms with Gasteiger partial charge in [0, 0.05) is 12.2 Å². The van der Waals surface area contributed by atoms with Crippen LogP contribution in [0.3, 0.4) is 0 Å². The van der Waals surface area contributed by atoms with E-state index in [0.717, 1.165) is 52.1 Å². The number of carbonyl (C=O) groups is 1. The smallest absolute Gasteiger partial charge is 0.260 e. The van der Waals surface area contributed by atoms with Crippen molar-refractivity contribution in [2.75, 3.05) is 24.7 Å². The summed E-state index contributed by atoms with van der Waals surface area (Å²) in [5.41, 5.74) is 3.64. The Kier molecular flexibility index (Phi) is 5.83. The Labute approximate surface area is 175 Å². The van der Waals surface area contributed by atoms with Crippen LogP contribution >= 0.6 is 11.3 Å². The summed E-state index contributed by atoms with van der Waals surface area (Å²) in [6.07, 6.45) is 2.05. The number of carbonyl (C=O) groups excluding carboxylic acids is 1. The van der Waals surface area contributed by atoms with Crippen molar-refractivity contribution in [2.45, 2.75) is 39.7 Å². The lowest BCUT2D eigenvalue weighted by Crippen LogP contribution is -2.37. The van der Waals surface area contributed by atoms with E-state index < -0.39 is 0 Å². The summed E-state index contributed by atoms with van der Waals surface area (Å²) in [6.45, 7) is 7.84. The normalized spacial score (nSPS) is 16.3. The van der Waals surface area contributed by atoms with E-state index in [1.807, 2.05) is 57.2 Å². The molecule has 1 unspecified atom stereocenters. The van der Waals surface area contributed by atoms with E-state index in [2.05, 4.69) is 0 Å². The van der Waals surface area contributed by atoms with Crippen LogP contribution in [-0.2, 0) is 4.74 Å². The maximum Gasteiger partial charge on any atom is 0.260 e. The van der Waals surface area contributed by atoms with Crippen molar-refractivity contribution in [1.29, 1.82) is 0 Å². The molecule has 4 rings (SSSR count). The Morgan fingerprint density at radius 2 is 2.14 bits per heavy atom. The molecule has 2 aromatic carbocycles. The van der Waals surface area contributed by atoms with Crippen molar-refractivity contribution < 1.29 is 14.3 Å². The molecule has 1 aromatic heterocycles. The molecule has 3 aromatic rings. The van der Waals surface area contributed by atoms with Crippen molar-refractivity contribution in [3.8, 4) is 5.75 Å². The van der Waals surface area contributed by atoms with Crippen LogP contribution in [-0.4, -0.2) is 36.8 Å². The van der Waals surface area contributed by atoms with Crippen LogP contribution in [0.25, 0.3) is 10.2 Å². The quantitative estimate of drug-likeness (QED) is 0.565. The van der Waals surface area contributed by atoms with Gasteiger partial charge in [-0.1, -0.05) is 29.0 Å². The minimum atomic E-state index is -0.0224. The van der Waals surface area contributed by atoms with Gasteiger partial charge >= 0.3 is 0 Å². The number of hydrogen-bond donors (Lipinski definition) is 0. The Hall–Kier alpha value is -2.44. The fourth-order valence-electron chi connectivity index (χ4n) is 3.62. The van der Waals surface area contributed by atoms with Crippen LogP contribution in [0.5, 0.6) is 5.75 Å². The van der Waals surface area contributed by atoms with Crippen molar-refractivity contribution in [2.24, 2.45) is 0 Å². The number of anilines is 1. The zero-order valence-electron chi connectivity index (χ0n) is 17.1. The molecule has 0 N–H and O–H groups in total. The molecule has 1 saturated heterocycles. The summed E-state index contributed by atoms with van der Waals surface area (Å²) >= 11 is 1.52. The predicted molar refractivity (Wildman–Crippen MR) is 117 cm³/mol. The fraction of sp³-hybridized carbons (Fsp3) is 0.391. The second kappa shape index (κ2) is 8.51. The Bertz CT molecular complexity index is 1020. The van der Waals surface area contributed by atoms with Gasteiger partial charge in [-0.2, -0.15) is 0 Å². The van der Waals surface area contributed by atoms with Crippen LogP contribution in [0.1, 0.15) is 41.3 Å². The largest absolute Gasteiger partial charge is 0.494 e. The van der Waals surface area contributed by atoms with E-state index in [-0.39, 0.29) is 12.0 Å². The molecule has 2 heterocycles. The Balaban J connectivity index is 1.72. The van der Waals surface area contributed by atoms with Crippen LogP contribution in [0.4, 0.5) is 5.13 Å². The topological polar surface area (TPSA) is 51.7 Å². The van der Waals surface area contributed by atoms with Crippen LogP contribution in [0.2, 0.25) is 0 Å². The Morgan fingerprint density at radius 1 is 1.28 bits per heavy atom. The highest BCUT2D eigenvalue weighted by atomic mass is 32.1. The number of nitrogens with zero attached hydrogens (tertiary/aromatic N) is 2. The number of ether oxygens (including phenoxy) is 2. The molecule has 6 heteroatoms. The highest BCUT2D eigenvalue weighted by molar-refractivity contribution is 7.22. The van der Waals surface area contributed by atoms with Crippen LogP contribution < -0.4 is 9.64 Å². The lowest BCUT2D eigenvalue weighted by Gasteiger charge is -2.24. The number of amides is 1. The molecule has 29 heavy (non-hydrogen) atoms. The molecule has 0 saturated carbocycles. The van der Waals surface area contributed by atoms with Gasteiger partial charge in [-0.15, -0.1) is 0 Å². The number of rotatable bonds is 6. The van der Waals surface area contributed by atoms with Gasteiger partial charge in [0.1, 0.15) is 5.75 Å². The average molecular weight is 411 g/mol. The molecule has 0 spiro atoms. The summed E-state index contributed by atoms with van der Waals surface area (Å²) in [6, 6.07) is 11.9. The highest BCUT2D eigenvalue weighted by Crippen LogP contribution is 2.33. The first kappa shape index (κ1) is 19.9. The maximum absolute atomic E-state index is 13.6. The Morgan fingerprint density at radius 3 is 2.90 bits per heavy atom. The number of thiazole rings is 1. The highest BCUT2D eigenvalue weighted by Gasteiger charge is 2.28. The van der Waals surface area contributed by atoms with E-state index >= 15 is 0 Å². The second-order valence-electron chi connectivity index (χ2n) is 7.43. The summed E-state index contributed by atoms with van der Waals surface area (Å²) in [5.74, 6) is 0.799. The number of benzene rings is 2. The summed E-state index contributed by atoms with van der Waals surface area (Å²) in [4.78, 5) is 20.1. The molecule has 5 nitrogen and oxygen atoms in total. The number of fused-ring (bicyclic) bond motifs is 1. The number of hydrogen-bond acceptors (Lipinski definition) is 5. The van der Waals surface area contributed by atoms with Crippen molar-refractivity contribution >= 4 is 32.6 Å². The summed E-state index contributed by atoms with van der Waals surface area (Å²) in [7, 11) is 0. The minimum absolute atomic E-state index is 0.0224. The van der Waals surface area contributed by atoms with E-state index in [0.29, 0.717) is 18.3 Å². The fourth-order valence-corrected chi connectivity index (χ4v) is 4.62. The van der Waals surface area contributed by atoms with Gasteiger partial charge in [-0.25, -0.2) is 4.98 Å². The van der Waals surface area contributed by atoms with Crippen molar-refractivity contribution in [3.05, 3.63) is 53.1 Å². The molecule has 1 aliphatic heterocycles. The molecule has 1 amide bonds. The first-order chi connectivity index (χ1) is 14.0. The first-order valence-electron chi connectivity index (χ1n) is 10.1. The van der Waals surface area contributed by atoms with Gasteiger partial charge < -0.3 is 9.47 Å². The van der Waals surface area contributed by atoms with Gasteiger partial charge in [0.2, 0.25) is 0 Å². The molecule has 0 radical (unpaired) electrons. The summed E-state index contributed by atoms with van der Waals surface area (Å²) < 4.78 is 12.5. The third-order valence-corrected chi connectivity index (χ3v) is 6.21. The second-order valence-corrected chi connectivity index (χ2v) is 8.44. The molecule has 1 atom stereocenters. The molecular formula is C23H26N2O3S. The van der Waals surface area contributed by atoms with Crippen molar-refractivity contribution in [1.82, 2.24) is 4.98 Å². The van der Waals surface area contributed by atoms with Gasteiger partial charge in [-0.05, 0) is 63.4 Å². The van der Waals surface area contributed by atoms with Crippen molar-refractivity contribution in [3.63, 3.8) is 0 Å². The summed E-state index contributed by atoms with van der Waals surface area (Å²) in [5, 5.41) is 0.704. The number of aromatic nitrogens is 1. The SMILES string of the molecule is CCOc1ccc2nc(N(CC3CCCO3)C(=O)c3cc(C)ccc3C)sc2c1. The molecular weight excluding hydrogens is 384 g/mol. The van der Waals surface area contributed by atoms with Crippen LogP contribution in [0, 0.1) is 13.8 Å². The molecule has 0 aliphatic carbocycles. The monoisotopic (exact) mass is 410 g/mol. The van der Waals surface area contributed by atoms with E-state index in [1.165, 1.54) is 11.3 Å². The zero-order valence-corrected chi connectivity index (χ0v) is 17.9. The van der Waals surface area contributed by atoms with Gasteiger partial charge in [0.25, 0.3) is 5.91 Å². The predicted octanol–water partition coefficient (Wildman–Crippen LogP) is 5.14. The van der Waals surface area contributed by atoms with Crippen LogP contribution in [0.15, 0.2) is 36.4 Å². The lowest BCUT2D eigenvalue weighted by molar-refractivity contribution is 0.0917. The lowest BCUT2D eigenvalue weighted by atomic mass is 10.0. The molecule has 152 valence electrons. The maximum atomic E-state index is 13.6. The van der Waals surface area contributed by atoms with E-state index in [4.69, 9.17) is 14.5 Å². The third-order valence-electron chi connectivity index (χ3n) is 5.17. The van der Waals surface area contributed by atoms with Gasteiger partial charge in [0.15, 0.2) is 5.13 Å². The number of aryl methyl sites for hydroxylation is 2. The molecule has 0 bridgehead atoms. The molecule has 1 aliphatic rings.